The molecule has 1 aromatic heterocycles. The van der Waals surface area contributed by atoms with Gasteiger partial charge in [-0.25, -0.2) is 4.79 Å². The summed E-state index contributed by atoms with van der Waals surface area (Å²) in [6.45, 7) is 1.57. The summed E-state index contributed by atoms with van der Waals surface area (Å²) < 4.78 is 6.22. The molecule has 0 aliphatic rings. The molecule has 0 spiro atoms. The Kier molecular flexibility index (Phi) is 4.50. The van der Waals surface area contributed by atoms with Crippen LogP contribution in [0.25, 0.3) is 0 Å². The molecule has 0 saturated carbocycles. The number of esters is 1. The number of methoxy groups -OCH3 is 1. The van der Waals surface area contributed by atoms with Crippen LogP contribution < -0.4 is 10.6 Å². The summed E-state index contributed by atoms with van der Waals surface area (Å²) in [6.07, 6.45) is 1.77. The SMILES string of the molecule is COC(=O)C(CNc1ccn(C)n1)NC(C)=O. The van der Waals surface area contributed by atoms with Crippen molar-refractivity contribution in [3.05, 3.63) is 12.3 Å². The van der Waals surface area contributed by atoms with Crippen LogP contribution >= 0.6 is 0 Å². The molecule has 0 aliphatic heterocycles. The molecule has 0 aromatic carbocycles. The number of aryl methyl sites for hydroxylation is 1. The lowest BCUT2D eigenvalue weighted by Gasteiger charge is -2.15. The van der Waals surface area contributed by atoms with Gasteiger partial charge in [0.25, 0.3) is 0 Å². The van der Waals surface area contributed by atoms with Crippen molar-refractivity contribution in [3.63, 3.8) is 0 Å². The fourth-order valence-electron chi connectivity index (χ4n) is 1.30. The number of aromatic nitrogens is 2. The van der Waals surface area contributed by atoms with Crippen LogP contribution in [0.15, 0.2) is 12.3 Å². The second-order valence-corrected chi connectivity index (χ2v) is 3.53. The van der Waals surface area contributed by atoms with Crippen molar-refractivity contribution >= 4 is 17.7 Å². The van der Waals surface area contributed by atoms with E-state index in [1.807, 2.05) is 0 Å². The monoisotopic (exact) mass is 240 g/mol. The molecular weight excluding hydrogens is 224 g/mol. The van der Waals surface area contributed by atoms with Crippen LogP contribution in [-0.2, 0) is 21.4 Å². The van der Waals surface area contributed by atoms with Crippen molar-refractivity contribution in [3.8, 4) is 0 Å². The second kappa shape index (κ2) is 5.88. The van der Waals surface area contributed by atoms with E-state index in [2.05, 4.69) is 20.5 Å². The van der Waals surface area contributed by atoms with Gasteiger partial charge in [-0.15, -0.1) is 0 Å². The average Bonchev–Trinajstić information content (AvgIpc) is 2.68. The summed E-state index contributed by atoms with van der Waals surface area (Å²) in [6, 6.07) is 1.04. The third kappa shape index (κ3) is 4.13. The van der Waals surface area contributed by atoms with Gasteiger partial charge in [-0.3, -0.25) is 9.48 Å². The van der Waals surface area contributed by atoms with E-state index in [-0.39, 0.29) is 12.5 Å². The number of hydrogen-bond acceptors (Lipinski definition) is 5. The number of rotatable bonds is 5. The molecule has 1 heterocycles. The smallest absolute Gasteiger partial charge is 0.330 e. The van der Waals surface area contributed by atoms with Crippen molar-refractivity contribution in [1.29, 1.82) is 0 Å². The maximum atomic E-state index is 11.4. The van der Waals surface area contributed by atoms with Crippen LogP contribution in [0.3, 0.4) is 0 Å². The first kappa shape index (κ1) is 13.0. The number of nitrogens with one attached hydrogen (secondary N) is 2. The first-order chi connectivity index (χ1) is 8.02. The maximum Gasteiger partial charge on any atom is 0.330 e. The molecule has 0 bridgehead atoms. The van der Waals surface area contributed by atoms with E-state index in [0.29, 0.717) is 5.82 Å². The molecule has 2 N–H and O–H groups in total. The number of ether oxygens (including phenoxy) is 1. The van der Waals surface area contributed by atoms with Crippen molar-refractivity contribution in [2.45, 2.75) is 13.0 Å². The van der Waals surface area contributed by atoms with Crippen molar-refractivity contribution in [2.75, 3.05) is 19.0 Å². The lowest BCUT2D eigenvalue weighted by Crippen LogP contribution is -2.45. The third-order valence-corrected chi connectivity index (χ3v) is 2.06. The Morgan fingerprint density at radius 3 is 2.76 bits per heavy atom. The summed E-state index contributed by atoms with van der Waals surface area (Å²) in [7, 11) is 3.06. The van der Waals surface area contributed by atoms with Crippen molar-refractivity contribution in [2.24, 2.45) is 7.05 Å². The Balaban J connectivity index is 2.54. The minimum atomic E-state index is -0.723. The predicted molar refractivity (Wildman–Crippen MR) is 61.3 cm³/mol. The zero-order valence-corrected chi connectivity index (χ0v) is 10.1. The van der Waals surface area contributed by atoms with Crippen LogP contribution in [-0.4, -0.2) is 41.4 Å². The highest BCUT2D eigenvalue weighted by Gasteiger charge is 2.19. The standard InChI is InChI=1S/C10H16N4O3/c1-7(15)12-8(10(16)17-3)6-11-9-4-5-14(2)13-9/h4-5,8H,6H2,1-3H3,(H,11,13)(H,12,15). The third-order valence-electron chi connectivity index (χ3n) is 2.06. The van der Waals surface area contributed by atoms with Crippen LogP contribution in [0.1, 0.15) is 6.92 Å². The molecule has 1 amide bonds. The Labute approximate surface area is 99.1 Å². The van der Waals surface area contributed by atoms with Gasteiger partial charge >= 0.3 is 5.97 Å². The van der Waals surface area contributed by atoms with Gasteiger partial charge in [0.15, 0.2) is 0 Å². The van der Waals surface area contributed by atoms with Gasteiger partial charge < -0.3 is 15.4 Å². The topological polar surface area (TPSA) is 85.2 Å². The van der Waals surface area contributed by atoms with Gasteiger partial charge in [0.2, 0.25) is 5.91 Å². The normalized spacial score (nSPS) is 11.7. The van der Waals surface area contributed by atoms with E-state index in [1.54, 1.807) is 24.0 Å². The highest BCUT2D eigenvalue weighted by Crippen LogP contribution is 2.01. The van der Waals surface area contributed by atoms with Crippen LogP contribution in [0.2, 0.25) is 0 Å². The quantitative estimate of drug-likeness (QED) is 0.678. The number of anilines is 1. The molecule has 0 aliphatic carbocycles. The Bertz CT molecular complexity index is 402. The fourth-order valence-corrected chi connectivity index (χ4v) is 1.30. The summed E-state index contributed by atoms with van der Waals surface area (Å²) in [4.78, 5) is 22.3. The summed E-state index contributed by atoms with van der Waals surface area (Å²) in [5, 5.41) is 9.52. The second-order valence-electron chi connectivity index (χ2n) is 3.53. The van der Waals surface area contributed by atoms with Crippen LogP contribution in [0, 0.1) is 0 Å². The summed E-state index contributed by atoms with van der Waals surface area (Å²) >= 11 is 0. The lowest BCUT2D eigenvalue weighted by molar-refractivity contribution is -0.144. The predicted octanol–water partition coefficient (Wildman–Crippen LogP) is -0.490. The van der Waals surface area contributed by atoms with Crippen molar-refractivity contribution < 1.29 is 14.3 Å². The minimum absolute atomic E-state index is 0.225. The lowest BCUT2D eigenvalue weighted by atomic mass is 10.3. The first-order valence-electron chi connectivity index (χ1n) is 5.11. The molecule has 7 heteroatoms. The van der Waals surface area contributed by atoms with Crippen LogP contribution in [0.5, 0.6) is 0 Å². The van der Waals surface area contributed by atoms with E-state index in [9.17, 15) is 9.59 Å². The first-order valence-corrected chi connectivity index (χ1v) is 5.11. The summed E-state index contributed by atoms with van der Waals surface area (Å²) in [5.41, 5.74) is 0. The zero-order chi connectivity index (χ0) is 12.8. The number of nitrogens with zero attached hydrogens (tertiary/aromatic N) is 2. The average molecular weight is 240 g/mol. The van der Waals surface area contributed by atoms with Gasteiger partial charge in [0, 0.05) is 32.8 Å². The molecule has 1 unspecified atom stereocenters. The fraction of sp³-hybridized carbons (Fsp3) is 0.500. The molecule has 0 radical (unpaired) electrons. The van der Waals surface area contributed by atoms with E-state index in [0.717, 1.165) is 0 Å². The molecule has 1 aromatic rings. The van der Waals surface area contributed by atoms with Crippen LogP contribution in [0.4, 0.5) is 5.82 Å². The largest absolute Gasteiger partial charge is 0.467 e. The molecule has 7 nitrogen and oxygen atoms in total. The highest BCUT2D eigenvalue weighted by molar-refractivity contribution is 5.83. The molecule has 94 valence electrons. The highest BCUT2D eigenvalue weighted by atomic mass is 16.5. The van der Waals surface area contributed by atoms with Gasteiger partial charge in [0.05, 0.1) is 7.11 Å². The van der Waals surface area contributed by atoms with Gasteiger partial charge in [-0.2, -0.15) is 5.10 Å². The number of carbonyl (C=O) groups excluding carboxylic acids is 2. The zero-order valence-electron chi connectivity index (χ0n) is 10.1. The Morgan fingerprint density at radius 1 is 1.59 bits per heavy atom. The van der Waals surface area contributed by atoms with E-state index in [4.69, 9.17) is 0 Å². The van der Waals surface area contributed by atoms with E-state index >= 15 is 0 Å². The summed E-state index contributed by atoms with van der Waals surface area (Å²) in [5.74, 6) is -0.154. The molecular formula is C10H16N4O3. The van der Waals surface area contributed by atoms with Gasteiger partial charge in [0.1, 0.15) is 11.9 Å². The molecule has 0 saturated heterocycles. The number of carbonyl (C=O) groups is 2. The van der Waals surface area contributed by atoms with Gasteiger partial charge in [-0.1, -0.05) is 0 Å². The molecule has 1 atom stereocenters. The number of hydrogen-bond donors (Lipinski definition) is 2. The molecule has 0 fully saturated rings. The van der Waals surface area contributed by atoms with Crippen molar-refractivity contribution in [1.82, 2.24) is 15.1 Å². The number of amides is 1. The maximum absolute atomic E-state index is 11.4. The Morgan fingerprint density at radius 2 is 2.29 bits per heavy atom. The molecule has 1 rings (SSSR count). The van der Waals surface area contributed by atoms with E-state index in [1.165, 1.54) is 14.0 Å². The van der Waals surface area contributed by atoms with E-state index < -0.39 is 12.0 Å². The molecule has 17 heavy (non-hydrogen) atoms. The minimum Gasteiger partial charge on any atom is -0.467 e. The Hall–Kier alpha value is -2.05. The van der Waals surface area contributed by atoms with Gasteiger partial charge in [-0.05, 0) is 0 Å².